The Morgan fingerprint density at radius 2 is 2.16 bits per heavy atom. The Balaban J connectivity index is 1.97. The lowest BCUT2D eigenvalue weighted by atomic mass is 10.1. The molecule has 19 heavy (non-hydrogen) atoms. The summed E-state index contributed by atoms with van der Waals surface area (Å²) in [4.78, 5) is 16.2. The summed E-state index contributed by atoms with van der Waals surface area (Å²) >= 11 is 0. The topological polar surface area (TPSA) is 43.8 Å². The fraction of sp³-hybridized carbons (Fsp3) is 0.533. The first-order chi connectivity index (χ1) is 9.20. The lowest BCUT2D eigenvalue weighted by Gasteiger charge is -2.31. The standard InChI is InChI=1S/C15H22N2O2/c1-2-17(13-7-4-3-5-8-13)15(19)12-16-10-6-9-14(18)11-16/h3-5,7-8,14,18H,2,6,9-12H2,1H3/t14-/m0/s1. The van der Waals surface area contributed by atoms with Gasteiger partial charge in [0, 0.05) is 18.8 Å². The van der Waals surface area contributed by atoms with Crippen LogP contribution in [-0.2, 0) is 4.79 Å². The minimum Gasteiger partial charge on any atom is -0.392 e. The van der Waals surface area contributed by atoms with E-state index in [1.807, 2.05) is 42.2 Å². The first kappa shape index (κ1) is 14.0. The van der Waals surface area contributed by atoms with Crippen LogP contribution in [0.3, 0.4) is 0 Å². The predicted octanol–water partition coefficient (Wildman–Crippen LogP) is 1.50. The van der Waals surface area contributed by atoms with Gasteiger partial charge < -0.3 is 10.0 Å². The monoisotopic (exact) mass is 262 g/mol. The van der Waals surface area contributed by atoms with Crippen molar-refractivity contribution in [2.75, 3.05) is 31.1 Å². The number of β-amino-alcohol motifs (C(OH)–C–C–N with tert-alkyl or cyclic N) is 1. The third kappa shape index (κ3) is 3.78. The first-order valence-electron chi connectivity index (χ1n) is 6.96. The fourth-order valence-electron chi connectivity index (χ4n) is 2.56. The molecule has 0 bridgehead atoms. The second-order valence-corrected chi connectivity index (χ2v) is 5.00. The third-order valence-electron chi connectivity index (χ3n) is 3.52. The van der Waals surface area contributed by atoms with Gasteiger partial charge in [0.15, 0.2) is 0 Å². The van der Waals surface area contributed by atoms with Gasteiger partial charge in [-0.3, -0.25) is 9.69 Å². The van der Waals surface area contributed by atoms with E-state index in [1.54, 1.807) is 4.90 Å². The molecule has 1 atom stereocenters. The Bertz CT molecular complexity index is 408. The molecule has 1 N–H and O–H groups in total. The van der Waals surface area contributed by atoms with Gasteiger partial charge in [-0.15, -0.1) is 0 Å². The number of carbonyl (C=O) groups excluding carboxylic acids is 1. The number of nitrogens with zero attached hydrogens (tertiary/aromatic N) is 2. The Morgan fingerprint density at radius 3 is 2.79 bits per heavy atom. The summed E-state index contributed by atoms with van der Waals surface area (Å²) in [6, 6.07) is 9.73. The van der Waals surface area contributed by atoms with Crippen molar-refractivity contribution in [3.63, 3.8) is 0 Å². The summed E-state index contributed by atoms with van der Waals surface area (Å²) in [5, 5.41) is 9.64. The quantitative estimate of drug-likeness (QED) is 0.894. The molecule has 1 fully saturated rings. The third-order valence-corrected chi connectivity index (χ3v) is 3.52. The molecule has 104 valence electrons. The zero-order valence-electron chi connectivity index (χ0n) is 11.5. The lowest BCUT2D eigenvalue weighted by molar-refractivity contribution is -0.120. The minimum atomic E-state index is -0.284. The molecule has 1 heterocycles. The second-order valence-electron chi connectivity index (χ2n) is 5.00. The molecular weight excluding hydrogens is 240 g/mol. The van der Waals surface area contributed by atoms with Crippen LogP contribution in [0.15, 0.2) is 30.3 Å². The highest BCUT2D eigenvalue weighted by molar-refractivity contribution is 5.94. The normalized spacial score (nSPS) is 20.2. The number of carbonyl (C=O) groups is 1. The molecule has 2 rings (SSSR count). The molecule has 1 aromatic rings. The van der Waals surface area contributed by atoms with Gasteiger partial charge in [-0.05, 0) is 38.4 Å². The van der Waals surface area contributed by atoms with Gasteiger partial charge in [-0.1, -0.05) is 18.2 Å². The lowest BCUT2D eigenvalue weighted by Crippen LogP contribution is -2.45. The number of aliphatic hydroxyl groups excluding tert-OH is 1. The van der Waals surface area contributed by atoms with Gasteiger partial charge in [0.25, 0.3) is 0 Å². The average molecular weight is 262 g/mol. The van der Waals surface area contributed by atoms with E-state index in [2.05, 4.69) is 0 Å². The number of benzene rings is 1. The van der Waals surface area contributed by atoms with Crippen LogP contribution in [0.2, 0.25) is 0 Å². The molecule has 0 aliphatic carbocycles. The van der Waals surface area contributed by atoms with Gasteiger partial charge in [0.1, 0.15) is 0 Å². The molecule has 4 nitrogen and oxygen atoms in total. The zero-order valence-corrected chi connectivity index (χ0v) is 11.5. The largest absolute Gasteiger partial charge is 0.392 e. The highest BCUT2D eigenvalue weighted by Gasteiger charge is 2.22. The van der Waals surface area contributed by atoms with Crippen LogP contribution >= 0.6 is 0 Å². The molecule has 0 saturated carbocycles. The predicted molar refractivity (Wildman–Crippen MR) is 76.1 cm³/mol. The Kier molecular flexibility index (Phi) is 4.93. The molecule has 0 aromatic heterocycles. The number of likely N-dealkylation sites (N-methyl/N-ethyl adjacent to an activating group) is 1. The molecule has 1 saturated heterocycles. The molecule has 0 radical (unpaired) electrons. The van der Waals surface area contributed by atoms with Crippen LogP contribution in [0.4, 0.5) is 5.69 Å². The van der Waals surface area contributed by atoms with E-state index in [-0.39, 0.29) is 12.0 Å². The summed E-state index contributed by atoms with van der Waals surface area (Å²) < 4.78 is 0. The second kappa shape index (κ2) is 6.68. The van der Waals surface area contributed by atoms with Crippen molar-refractivity contribution in [3.05, 3.63) is 30.3 Å². The summed E-state index contributed by atoms with van der Waals surface area (Å²) in [6.07, 6.45) is 1.53. The van der Waals surface area contributed by atoms with Crippen molar-refractivity contribution in [3.8, 4) is 0 Å². The maximum Gasteiger partial charge on any atom is 0.241 e. The number of para-hydroxylation sites is 1. The molecule has 0 unspecified atom stereocenters. The van der Waals surface area contributed by atoms with Crippen molar-refractivity contribution in [2.45, 2.75) is 25.9 Å². The van der Waals surface area contributed by atoms with E-state index in [0.717, 1.165) is 25.1 Å². The summed E-state index contributed by atoms with van der Waals surface area (Å²) in [7, 11) is 0. The smallest absolute Gasteiger partial charge is 0.241 e. The van der Waals surface area contributed by atoms with Gasteiger partial charge >= 0.3 is 0 Å². The maximum atomic E-state index is 12.4. The number of rotatable bonds is 4. The minimum absolute atomic E-state index is 0.0998. The fourth-order valence-corrected chi connectivity index (χ4v) is 2.56. The van der Waals surface area contributed by atoms with Crippen molar-refractivity contribution < 1.29 is 9.90 Å². The van der Waals surface area contributed by atoms with Gasteiger partial charge in [0.05, 0.1) is 12.6 Å². The van der Waals surface area contributed by atoms with E-state index >= 15 is 0 Å². The van der Waals surface area contributed by atoms with Gasteiger partial charge in [-0.2, -0.15) is 0 Å². The molecule has 1 aliphatic heterocycles. The Labute approximate surface area is 114 Å². The van der Waals surface area contributed by atoms with Crippen LogP contribution < -0.4 is 4.90 Å². The van der Waals surface area contributed by atoms with Crippen molar-refractivity contribution in [1.29, 1.82) is 0 Å². The summed E-state index contributed by atoms with van der Waals surface area (Å²) in [5.41, 5.74) is 0.938. The van der Waals surface area contributed by atoms with Crippen LogP contribution in [0, 0.1) is 0 Å². The molecule has 0 spiro atoms. The van der Waals surface area contributed by atoms with E-state index in [0.29, 0.717) is 19.6 Å². The highest BCUT2D eigenvalue weighted by Crippen LogP contribution is 2.15. The van der Waals surface area contributed by atoms with Gasteiger partial charge in [-0.25, -0.2) is 0 Å². The number of likely N-dealkylation sites (tertiary alicyclic amines) is 1. The van der Waals surface area contributed by atoms with Gasteiger partial charge in [0.2, 0.25) is 5.91 Å². The zero-order chi connectivity index (χ0) is 13.7. The van der Waals surface area contributed by atoms with Crippen molar-refractivity contribution >= 4 is 11.6 Å². The Hall–Kier alpha value is -1.39. The molecular formula is C15H22N2O2. The molecule has 1 aliphatic rings. The number of anilines is 1. The van der Waals surface area contributed by atoms with E-state index in [4.69, 9.17) is 0 Å². The van der Waals surface area contributed by atoms with Crippen LogP contribution in [-0.4, -0.2) is 48.2 Å². The summed E-state index contributed by atoms with van der Waals surface area (Å²) in [6.45, 7) is 4.54. The van der Waals surface area contributed by atoms with Crippen LogP contribution in [0.5, 0.6) is 0 Å². The Morgan fingerprint density at radius 1 is 1.42 bits per heavy atom. The molecule has 4 heteroatoms. The van der Waals surface area contributed by atoms with E-state index in [1.165, 1.54) is 0 Å². The molecule has 1 amide bonds. The van der Waals surface area contributed by atoms with Crippen LogP contribution in [0.25, 0.3) is 0 Å². The van der Waals surface area contributed by atoms with Crippen molar-refractivity contribution in [2.24, 2.45) is 0 Å². The number of amides is 1. The van der Waals surface area contributed by atoms with Crippen molar-refractivity contribution in [1.82, 2.24) is 4.90 Å². The highest BCUT2D eigenvalue weighted by atomic mass is 16.3. The first-order valence-corrected chi connectivity index (χ1v) is 6.96. The van der Waals surface area contributed by atoms with E-state index < -0.39 is 0 Å². The average Bonchev–Trinajstić information content (AvgIpc) is 2.41. The van der Waals surface area contributed by atoms with Crippen LogP contribution in [0.1, 0.15) is 19.8 Å². The number of aliphatic hydroxyl groups is 1. The number of hydrogen-bond donors (Lipinski definition) is 1. The number of piperidine rings is 1. The van der Waals surface area contributed by atoms with E-state index in [9.17, 15) is 9.90 Å². The molecule has 1 aromatic carbocycles. The maximum absolute atomic E-state index is 12.4. The number of hydrogen-bond acceptors (Lipinski definition) is 3. The SMILES string of the molecule is CCN(C(=O)CN1CCC[C@H](O)C1)c1ccccc1. The summed E-state index contributed by atoms with van der Waals surface area (Å²) in [5.74, 6) is 0.0998.